The number of nitrogens with zero attached hydrogens (tertiary/aromatic N) is 3. The van der Waals surface area contributed by atoms with Crippen LogP contribution in [0.5, 0.6) is 0 Å². The zero-order chi connectivity index (χ0) is 22.7. The lowest BCUT2D eigenvalue weighted by molar-refractivity contribution is -0.0883. The largest absolute Gasteiger partial charge is 0.416 e. The fourth-order valence-corrected chi connectivity index (χ4v) is 4.18. The van der Waals surface area contributed by atoms with E-state index in [0.29, 0.717) is 23.6 Å². The first-order valence-electron chi connectivity index (χ1n) is 11.3. The fraction of sp³-hybridized carbons (Fsp3) is 0.440. The van der Waals surface area contributed by atoms with Crippen LogP contribution >= 0.6 is 0 Å². The van der Waals surface area contributed by atoms with Crippen LogP contribution in [0, 0.1) is 0 Å². The summed E-state index contributed by atoms with van der Waals surface area (Å²) in [5.74, 6) is 1.49. The number of aryl methyl sites for hydroxylation is 1. The minimum absolute atomic E-state index is 0.0204. The third-order valence-corrected chi connectivity index (χ3v) is 5.89. The number of hydrogen-bond donors (Lipinski definition) is 1. The number of hydrogen-bond acceptors (Lipinski definition) is 3. The number of nitrogens with one attached hydrogen (secondary N) is 1. The van der Waals surface area contributed by atoms with Gasteiger partial charge in [-0.25, -0.2) is 4.98 Å². The molecule has 0 aromatic carbocycles. The van der Waals surface area contributed by atoms with E-state index in [9.17, 15) is 13.2 Å². The Labute approximate surface area is 186 Å². The van der Waals surface area contributed by atoms with Crippen molar-refractivity contribution in [3.8, 4) is 0 Å². The number of alkyl halides is 3. The van der Waals surface area contributed by atoms with Crippen molar-refractivity contribution >= 4 is 11.4 Å². The Balaban J connectivity index is 1.63. The van der Waals surface area contributed by atoms with Crippen LogP contribution in [0.2, 0.25) is 0 Å². The second-order valence-corrected chi connectivity index (χ2v) is 8.43. The number of anilines is 1. The molecule has 0 amide bonds. The average Bonchev–Trinajstić information content (AvgIpc) is 3.51. The Morgan fingerprint density at radius 2 is 2.06 bits per heavy atom. The van der Waals surface area contributed by atoms with Crippen molar-refractivity contribution in [3.63, 3.8) is 0 Å². The molecule has 0 bridgehead atoms. The van der Waals surface area contributed by atoms with Crippen LogP contribution in [0.4, 0.5) is 19.0 Å². The molecule has 2 aliphatic rings. The van der Waals surface area contributed by atoms with E-state index >= 15 is 0 Å². The van der Waals surface area contributed by atoms with Crippen LogP contribution in [0.1, 0.15) is 74.9 Å². The molecular formula is C25H29F3N4. The quantitative estimate of drug-likeness (QED) is 0.471. The van der Waals surface area contributed by atoms with Gasteiger partial charge in [-0.05, 0) is 74.8 Å². The third kappa shape index (κ3) is 5.14. The van der Waals surface area contributed by atoms with Gasteiger partial charge in [0.2, 0.25) is 0 Å². The van der Waals surface area contributed by atoms with Gasteiger partial charge in [-0.3, -0.25) is 4.68 Å². The summed E-state index contributed by atoms with van der Waals surface area (Å²) in [6.45, 7) is 4.25. The molecule has 4 rings (SSSR count). The lowest BCUT2D eigenvalue weighted by Gasteiger charge is -2.25. The van der Waals surface area contributed by atoms with E-state index in [1.807, 2.05) is 16.9 Å². The van der Waals surface area contributed by atoms with Gasteiger partial charge in [0.1, 0.15) is 5.82 Å². The molecule has 1 atom stereocenters. The maximum atomic E-state index is 13.5. The summed E-state index contributed by atoms with van der Waals surface area (Å²) in [5, 5.41) is 8.18. The number of pyridine rings is 1. The Kier molecular flexibility index (Phi) is 6.53. The van der Waals surface area contributed by atoms with Gasteiger partial charge in [-0.15, -0.1) is 0 Å². The first kappa shape index (κ1) is 22.4. The fourth-order valence-electron chi connectivity index (χ4n) is 4.18. The first-order chi connectivity index (χ1) is 15.4. The molecule has 0 saturated heterocycles. The van der Waals surface area contributed by atoms with E-state index in [0.717, 1.165) is 30.9 Å². The van der Waals surface area contributed by atoms with Crippen molar-refractivity contribution in [2.24, 2.45) is 0 Å². The highest BCUT2D eigenvalue weighted by Crippen LogP contribution is 2.41. The summed E-state index contributed by atoms with van der Waals surface area (Å²) in [4.78, 5) is 4.48. The van der Waals surface area contributed by atoms with Crippen LogP contribution in [0.25, 0.3) is 5.57 Å². The average molecular weight is 443 g/mol. The molecular weight excluding hydrogens is 413 g/mol. The molecule has 32 heavy (non-hydrogen) atoms. The van der Waals surface area contributed by atoms with E-state index in [1.165, 1.54) is 30.6 Å². The Morgan fingerprint density at radius 3 is 2.75 bits per heavy atom. The smallest absolute Gasteiger partial charge is 0.362 e. The molecule has 4 nitrogen and oxygen atoms in total. The Hall–Kier alpha value is -2.83. The van der Waals surface area contributed by atoms with E-state index in [1.54, 1.807) is 26.0 Å². The molecule has 2 aromatic heterocycles. The van der Waals surface area contributed by atoms with Gasteiger partial charge in [-0.2, -0.15) is 18.3 Å². The third-order valence-electron chi connectivity index (χ3n) is 5.89. The number of aromatic nitrogens is 3. The van der Waals surface area contributed by atoms with Crippen LogP contribution in [-0.4, -0.2) is 20.9 Å². The molecule has 3 heterocycles. The lowest BCUT2D eigenvalue weighted by atomic mass is 10.0. The molecule has 2 aromatic rings. The SMILES string of the molecule is C\C=C/C(=C\C(=C\CC)C(F)(F)F)c1cc2n(n1)CCCC2Nc1cc(C2CC2)ccn1. The highest BCUT2D eigenvalue weighted by molar-refractivity contribution is 5.74. The minimum Gasteiger partial charge on any atom is -0.362 e. The van der Waals surface area contributed by atoms with Crippen molar-refractivity contribution in [3.05, 3.63) is 71.2 Å². The number of fused-ring (bicyclic) bond motifs is 1. The van der Waals surface area contributed by atoms with Crippen molar-refractivity contribution in [1.29, 1.82) is 0 Å². The normalized spacial score (nSPS) is 20.0. The molecule has 7 heteroatoms. The summed E-state index contributed by atoms with van der Waals surface area (Å²) in [5.41, 5.74) is 2.66. The van der Waals surface area contributed by atoms with Crippen molar-refractivity contribution in [2.75, 3.05) is 5.32 Å². The predicted octanol–water partition coefficient (Wildman–Crippen LogP) is 6.96. The van der Waals surface area contributed by atoms with E-state index < -0.39 is 11.7 Å². The van der Waals surface area contributed by atoms with Gasteiger partial charge in [0.15, 0.2) is 0 Å². The molecule has 170 valence electrons. The van der Waals surface area contributed by atoms with Crippen LogP contribution in [0.15, 0.2) is 54.3 Å². The van der Waals surface area contributed by atoms with Gasteiger partial charge < -0.3 is 5.32 Å². The standard InChI is InChI=1S/C25H29F3N4/c1-3-6-19(14-20(7-4-2)25(26,27)28)22-16-23-21(8-5-13-32(23)31-22)30-24-15-18(11-12-29-24)17-9-10-17/h3,6-7,11-12,14-17,21H,4-5,8-10,13H2,1-2H3,(H,29,30)/b6-3-,19-14+,20-7-. The second kappa shape index (κ2) is 9.35. The molecule has 0 spiro atoms. The van der Waals surface area contributed by atoms with Crippen molar-refractivity contribution in [1.82, 2.24) is 14.8 Å². The van der Waals surface area contributed by atoms with Crippen LogP contribution in [0.3, 0.4) is 0 Å². The number of rotatable bonds is 7. The van der Waals surface area contributed by atoms with E-state index in [-0.39, 0.29) is 6.04 Å². The van der Waals surface area contributed by atoms with Crippen LogP contribution in [-0.2, 0) is 6.54 Å². The zero-order valence-electron chi connectivity index (χ0n) is 18.5. The summed E-state index contributed by atoms with van der Waals surface area (Å²) < 4.78 is 42.3. The van der Waals surface area contributed by atoms with Gasteiger partial charge in [0, 0.05) is 18.3 Å². The van der Waals surface area contributed by atoms with Gasteiger partial charge in [-0.1, -0.05) is 25.2 Å². The lowest BCUT2D eigenvalue weighted by Crippen LogP contribution is -2.22. The van der Waals surface area contributed by atoms with Gasteiger partial charge in [0.05, 0.1) is 23.0 Å². The first-order valence-corrected chi connectivity index (χ1v) is 11.3. The molecule has 1 fully saturated rings. The number of halogens is 3. The summed E-state index contributed by atoms with van der Waals surface area (Å²) in [7, 11) is 0. The summed E-state index contributed by atoms with van der Waals surface area (Å²) >= 11 is 0. The number of allylic oxidation sites excluding steroid dienone is 6. The molecule has 1 aliphatic carbocycles. The topological polar surface area (TPSA) is 42.7 Å². The zero-order valence-corrected chi connectivity index (χ0v) is 18.5. The highest BCUT2D eigenvalue weighted by Gasteiger charge is 2.32. The predicted molar refractivity (Wildman–Crippen MR) is 121 cm³/mol. The van der Waals surface area contributed by atoms with Crippen molar-refractivity contribution in [2.45, 2.75) is 70.6 Å². The maximum Gasteiger partial charge on any atom is 0.416 e. The maximum absolute atomic E-state index is 13.5. The van der Waals surface area contributed by atoms with Crippen LogP contribution < -0.4 is 5.32 Å². The van der Waals surface area contributed by atoms with E-state index in [2.05, 4.69) is 27.5 Å². The Morgan fingerprint density at radius 1 is 1.25 bits per heavy atom. The molecule has 1 N–H and O–H groups in total. The Bertz CT molecular complexity index is 1040. The highest BCUT2D eigenvalue weighted by atomic mass is 19.4. The summed E-state index contributed by atoms with van der Waals surface area (Å²) in [6, 6.07) is 6.12. The molecule has 0 radical (unpaired) electrons. The monoisotopic (exact) mass is 442 g/mol. The summed E-state index contributed by atoms with van der Waals surface area (Å²) in [6.07, 6.45) is 7.92. The second-order valence-electron chi connectivity index (χ2n) is 8.43. The van der Waals surface area contributed by atoms with Gasteiger partial charge in [0.25, 0.3) is 0 Å². The van der Waals surface area contributed by atoms with Gasteiger partial charge >= 0.3 is 6.18 Å². The molecule has 1 unspecified atom stereocenters. The molecule has 1 aliphatic heterocycles. The minimum atomic E-state index is -4.40. The molecule has 1 saturated carbocycles. The van der Waals surface area contributed by atoms with E-state index in [4.69, 9.17) is 0 Å². The van der Waals surface area contributed by atoms with Crippen molar-refractivity contribution < 1.29 is 13.2 Å².